The Morgan fingerprint density at radius 3 is 2.08 bits per heavy atom. The molecular formula is C22H31NO. The van der Waals surface area contributed by atoms with Crippen LogP contribution in [0.5, 0.6) is 0 Å². The van der Waals surface area contributed by atoms with Gasteiger partial charge in [-0.1, -0.05) is 30.7 Å². The zero-order valence-corrected chi connectivity index (χ0v) is 15.1. The zero-order valence-electron chi connectivity index (χ0n) is 15.1. The summed E-state index contributed by atoms with van der Waals surface area (Å²) < 4.78 is 0. The van der Waals surface area contributed by atoms with Gasteiger partial charge < -0.3 is 4.90 Å². The Hall–Kier alpha value is -1.15. The van der Waals surface area contributed by atoms with Crippen LogP contribution in [0.3, 0.4) is 0 Å². The summed E-state index contributed by atoms with van der Waals surface area (Å²) in [6.07, 6.45) is 12.7. The molecule has 3 fully saturated rings. The number of hydrogen-bond donors (Lipinski definition) is 0. The molecule has 1 aromatic rings. The van der Waals surface area contributed by atoms with Crippen LogP contribution in [-0.2, 0) is 0 Å². The molecule has 0 aromatic heterocycles. The number of likely N-dealkylation sites (tertiary alicyclic amines) is 1. The highest BCUT2D eigenvalue weighted by Gasteiger charge is 2.40. The highest BCUT2D eigenvalue weighted by Crippen LogP contribution is 2.49. The Bertz CT molecular complexity index is 568. The van der Waals surface area contributed by atoms with E-state index in [-0.39, 0.29) is 5.78 Å². The second-order valence-corrected chi connectivity index (χ2v) is 8.57. The molecule has 0 N–H and O–H groups in total. The van der Waals surface area contributed by atoms with Crippen molar-refractivity contribution in [3.8, 4) is 0 Å². The predicted octanol–water partition coefficient (Wildman–Crippen LogP) is 5.18. The molecule has 1 spiro atoms. The highest BCUT2D eigenvalue weighted by molar-refractivity contribution is 5.94. The maximum Gasteiger partial charge on any atom is 0.159 e. The first-order valence-corrected chi connectivity index (χ1v) is 10.0. The Labute approximate surface area is 146 Å². The Balaban J connectivity index is 1.32. The van der Waals surface area contributed by atoms with Gasteiger partial charge in [0.1, 0.15) is 0 Å². The van der Waals surface area contributed by atoms with Gasteiger partial charge in [0.2, 0.25) is 0 Å². The van der Waals surface area contributed by atoms with E-state index in [2.05, 4.69) is 17.0 Å². The average molecular weight is 325 g/mol. The molecule has 24 heavy (non-hydrogen) atoms. The van der Waals surface area contributed by atoms with Crippen molar-refractivity contribution in [2.45, 2.75) is 76.7 Å². The van der Waals surface area contributed by atoms with Gasteiger partial charge in [-0.3, -0.25) is 4.79 Å². The largest absolute Gasteiger partial charge is 0.300 e. The molecule has 0 amide bonds. The molecule has 4 rings (SSSR count). The SMILES string of the molecule is CC(=O)c1ccc(C2CCC3(CC2)CCN(C2CCC2)CC3)cc1. The third-order valence-corrected chi connectivity index (χ3v) is 7.28. The molecule has 0 atom stereocenters. The van der Waals surface area contributed by atoms with E-state index < -0.39 is 0 Å². The van der Waals surface area contributed by atoms with Crippen LogP contribution in [0.2, 0.25) is 0 Å². The van der Waals surface area contributed by atoms with Crippen LogP contribution >= 0.6 is 0 Å². The van der Waals surface area contributed by atoms with Crippen LogP contribution in [-0.4, -0.2) is 29.8 Å². The molecule has 2 nitrogen and oxygen atoms in total. The molecule has 0 bridgehead atoms. The number of hydrogen-bond acceptors (Lipinski definition) is 2. The van der Waals surface area contributed by atoms with Crippen molar-refractivity contribution < 1.29 is 4.79 Å². The highest BCUT2D eigenvalue weighted by atomic mass is 16.1. The summed E-state index contributed by atoms with van der Waals surface area (Å²) in [4.78, 5) is 14.2. The smallest absolute Gasteiger partial charge is 0.159 e. The number of benzene rings is 1. The summed E-state index contributed by atoms with van der Waals surface area (Å²) in [5.41, 5.74) is 2.94. The lowest BCUT2D eigenvalue weighted by molar-refractivity contribution is 0.0204. The quantitative estimate of drug-likeness (QED) is 0.714. The lowest BCUT2D eigenvalue weighted by atomic mass is 9.64. The van der Waals surface area contributed by atoms with E-state index in [9.17, 15) is 4.79 Å². The van der Waals surface area contributed by atoms with E-state index in [1.165, 1.54) is 76.4 Å². The molecule has 130 valence electrons. The van der Waals surface area contributed by atoms with Crippen molar-refractivity contribution in [1.82, 2.24) is 4.90 Å². The lowest BCUT2D eigenvalue weighted by Gasteiger charge is -2.49. The summed E-state index contributed by atoms with van der Waals surface area (Å²) in [7, 11) is 0. The number of carbonyl (C=O) groups is 1. The fraction of sp³-hybridized carbons (Fsp3) is 0.682. The van der Waals surface area contributed by atoms with Crippen molar-refractivity contribution in [3.63, 3.8) is 0 Å². The minimum absolute atomic E-state index is 0.169. The fourth-order valence-electron chi connectivity index (χ4n) is 5.17. The topological polar surface area (TPSA) is 20.3 Å². The first kappa shape index (κ1) is 16.3. The summed E-state index contributed by atoms with van der Waals surface area (Å²) in [6, 6.07) is 9.34. The normalized spacial score (nSPS) is 25.5. The minimum Gasteiger partial charge on any atom is -0.300 e. The Kier molecular flexibility index (Phi) is 4.51. The van der Waals surface area contributed by atoms with Crippen molar-refractivity contribution in [3.05, 3.63) is 35.4 Å². The zero-order chi connectivity index (χ0) is 16.6. The second-order valence-electron chi connectivity index (χ2n) is 8.57. The van der Waals surface area contributed by atoms with Gasteiger partial charge in [0.05, 0.1) is 0 Å². The van der Waals surface area contributed by atoms with Gasteiger partial charge in [0.25, 0.3) is 0 Å². The Morgan fingerprint density at radius 1 is 0.958 bits per heavy atom. The van der Waals surface area contributed by atoms with E-state index in [1.807, 2.05) is 12.1 Å². The molecule has 0 unspecified atom stereocenters. The van der Waals surface area contributed by atoms with Crippen LogP contribution in [0, 0.1) is 5.41 Å². The molecule has 2 aliphatic carbocycles. The van der Waals surface area contributed by atoms with Gasteiger partial charge >= 0.3 is 0 Å². The summed E-state index contributed by atoms with van der Waals surface area (Å²) >= 11 is 0. The maximum atomic E-state index is 11.4. The van der Waals surface area contributed by atoms with Crippen molar-refractivity contribution in [2.24, 2.45) is 5.41 Å². The van der Waals surface area contributed by atoms with Gasteiger partial charge in [-0.05, 0) is 88.3 Å². The molecule has 2 heteroatoms. The molecule has 1 heterocycles. The van der Waals surface area contributed by atoms with Crippen molar-refractivity contribution in [2.75, 3.05) is 13.1 Å². The monoisotopic (exact) mass is 325 g/mol. The van der Waals surface area contributed by atoms with E-state index in [4.69, 9.17) is 0 Å². The average Bonchev–Trinajstić information content (AvgIpc) is 2.56. The van der Waals surface area contributed by atoms with Crippen LogP contribution in [0.1, 0.15) is 86.6 Å². The van der Waals surface area contributed by atoms with Crippen LogP contribution < -0.4 is 0 Å². The molecular weight excluding hydrogens is 294 g/mol. The minimum atomic E-state index is 0.169. The van der Waals surface area contributed by atoms with Gasteiger partial charge in [0, 0.05) is 11.6 Å². The first-order chi connectivity index (χ1) is 11.7. The Morgan fingerprint density at radius 2 is 1.58 bits per heavy atom. The van der Waals surface area contributed by atoms with Crippen molar-refractivity contribution in [1.29, 1.82) is 0 Å². The van der Waals surface area contributed by atoms with Gasteiger partial charge in [-0.2, -0.15) is 0 Å². The van der Waals surface area contributed by atoms with Crippen molar-refractivity contribution >= 4 is 5.78 Å². The predicted molar refractivity (Wildman–Crippen MR) is 98.5 cm³/mol. The summed E-state index contributed by atoms with van der Waals surface area (Å²) in [5, 5.41) is 0. The summed E-state index contributed by atoms with van der Waals surface area (Å²) in [6.45, 7) is 4.35. The number of nitrogens with zero attached hydrogens (tertiary/aromatic N) is 1. The molecule has 1 aliphatic heterocycles. The third-order valence-electron chi connectivity index (χ3n) is 7.28. The third kappa shape index (κ3) is 3.18. The molecule has 1 aromatic carbocycles. The van der Waals surface area contributed by atoms with Gasteiger partial charge in [-0.15, -0.1) is 0 Å². The lowest BCUT2D eigenvalue weighted by Crippen LogP contribution is -2.48. The molecule has 3 aliphatic rings. The first-order valence-electron chi connectivity index (χ1n) is 10.0. The number of ketones is 1. The molecule has 2 saturated carbocycles. The van der Waals surface area contributed by atoms with E-state index in [0.717, 1.165) is 11.6 Å². The number of rotatable bonds is 3. The van der Waals surface area contributed by atoms with Crippen LogP contribution in [0.15, 0.2) is 24.3 Å². The number of Topliss-reactive ketones (excluding diaryl/α,β-unsaturated/α-hetero) is 1. The second kappa shape index (κ2) is 6.63. The maximum absolute atomic E-state index is 11.4. The summed E-state index contributed by atoms with van der Waals surface area (Å²) in [5.74, 6) is 0.878. The van der Waals surface area contributed by atoms with Crippen LogP contribution in [0.25, 0.3) is 0 Å². The van der Waals surface area contributed by atoms with E-state index in [0.29, 0.717) is 11.3 Å². The number of carbonyl (C=O) groups excluding carboxylic acids is 1. The van der Waals surface area contributed by atoms with Gasteiger partial charge in [0.15, 0.2) is 5.78 Å². The molecule has 0 radical (unpaired) electrons. The number of piperidine rings is 1. The van der Waals surface area contributed by atoms with E-state index in [1.54, 1.807) is 6.92 Å². The standard InChI is InChI=1S/C22H31NO/c1-17(24)18-5-7-19(8-6-18)20-9-11-22(12-10-20)13-15-23(16-14-22)21-3-2-4-21/h5-8,20-21H,2-4,9-16H2,1H3. The fourth-order valence-corrected chi connectivity index (χ4v) is 5.17. The van der Waals surface area contributed by atoms with E-state index >= 15 is 0 Å². The van der Waals surface area contributed by atoms with Gasteiger partial charge in [-0.25, -0.2) is 0 Å². The molecule has 1 saturated heterocycles. The van der Waals surface area contributed by atoms with Crippen LogP contribution in [0.4, 0.5) is 0 Å².